The predicted molar refractivity (Wildman–Crippen MR) is 103 cm³/mol. The number of rotatable bonds is 5. The van der Waals surface area contributed by atoms with Gasteiger partial charge in [0.1, 0.15) is 6.33 Å². The molecule has 1 aromatic carbocycles. The molecule has 1 amide bonds. The number of carbonyl (C=O) groups is 1. The van der Waals surface area contributed by atoms with Crippen LogP contribution in [0.15, 0.2) is 30.6 Å². The van der Waals surface area contributed by atoms with Crippen molar-refractivity contribution in [3.05, 3.63) is 52.7 Å². The summed E-state index contributed by atoms with van der Waals surface area (Å²) in [6.07, 6.45) is 1.70. The Hall–Kier alpha value is -2.54. The van der Waals surface area contributed by atoms with Crippen molar-refractivity contribution in [3.63, 3.8) is 0 Å². The average molecular weight is 369 g/mol. The number of hydrogen-bond donors (Lipinski definition) is 0. The molecule has 0 N–H and O–H groups in total. The van der Waals surface area contributed by atoms with Gasteiger partial charge < -0.3 is 9.47 Å². The van der Waals surface area contributed by atoms with E-state index in [1.165, 1.54) is 0 Å². The fourth-order valence-corrected chi connectivity index (χ4v) is 3.80. The third-order valence-electron chi connectivity index (χ3n) is 4.23. The molecule has 136 valence electrons. The van der Waals surface area contributed by atoms with E-state index in [2.05, 4.69) is 29.0 Å². The summed E-state index contributed by atoms with van der Waals surface area (Å²) in [6, 6.07) is 7.97. The molecule has 0 saturated heterocycles. The Bertz CT molecular complexity index is 910. The zero-order valence-corrected chi connectivity index (χ0v) is 16.5. The first-order chi connectivity index (χ1) is 12.4. The van der Waals surface area contributed by atoms with Gasteiger partial charge in [-0.05, 0) is 45.4 Å². The van der Waals surface area contributed by atoms with Gasteiger partial charge >= 0.3 is 0 Å². The summed E-state index contributed by atoms with van der Waals surface area (Å²) in [5, 5.41) is 9.13. The Labute approximate surface area is 157 Å². The van der Waals surface area contributed by atoms with E-state index in [9.17, 15) is 4.79 Å². The molecule has 0 saturated carbocycles. The first-order valence-corrected chi connectivity index (χ1v) is 9.36. The molecular formula is C19H23N5OS. The molecule has 2 aromatic heterocycles. The van der Waals surface area contributed by atoms with Gasteiger partial charge in [-0.2, -0.15) is 0 Å². The number of aryl methyl sites for hydroxylation is 2. The summed E-state index contributed by atoms with van der Waals surface area (Å²) in [5.74, 6) is 0.746. The van der Waals surface area contributed by atoms with E-state index >= 15 is 0 Å². The van der Waals surface area contributed by atoms with Crippen molar-refractivity contribution in [2.45, 2.75) is 40.3 Å². The van der Waals surface area contributed by atoms with Gasteiger partial charge in [-0.3, -0.25) is 4.79 Å². The molecule has 0 radical (unpaired) electrons. The minimum Gasteiger partial charge on any atom is -0.334 e. The van der Waals surface area contributed by atoms with Gasteiger partial charge in [-0.15, -0.1) is 21.5 Å². The molecular weight excluding hydrogens is 346 g/mol. The lowest BCUT2D eigenvalue weighted by Gasteiger charge is -2.18. The lowest BCUT2D eigenvalue weighted by atomic mass is 10.1. The summed E-state index contributed by atoms with van der Waals surface area (Å²) < 4.78 is 1.97. The molecule has 2 heterocycles. The monoisotopic (exact) mass is 369 g/mol. The van der Waals surface area contributed by atoms with Crippen LogP contribution in [0.2, 0.25) is 0 Å². The highest BCUT2D eigenvalue weighted by Crippen LogP contribution is 2.29. The summed E-state index contributed by atoms with van der Waals surface area (Å²) >= 11 is 1.67. The van der Waals surface area contributed by atoms with Crippen LogP contribution in [0.25, 0.3) is 10.4 Å². The first kappa shape index (κ1) is 18.3. The van der Waals surface area contributed by atoms with E-state index in [0.717, 1.165) is 27.0 Å². The second-order valence-electron chi connectivity index (χ2n) is 6.63. The van der Waals surface area contributed by atoms with E-state index in [0.29, 0.717) is 12.1 Å². The molecule has 0 bridgehead atoms. The maximum Gasteiger partial charge on any atom is 0.254 e. The number of carbonyl (C=O) groups excluding carboxylic acids is 1. The van der Waals surface area contributed by atoms with Crippen molar-refractivity contribution in [1.29, 1.82) is 0 Å². The van der Waals surface area contributed by atoms with Crippen LogP contribution in [0, 0.1) is 13.8 Å². The largest absolute Gasteiger partial charge is 0.334 e. The molecule has 0 aliphatic rings. The third kappa shape index (κ3) is 3.67. The summed E-state index contributed by atoms with van der Waals surface area (Å²) in [6.45, 7) is 8.57. The molecule has 0 unspecified atom stereocenters. The van der Waals surface area contributed by atoms with Crippen LogP contribution < -0.4 is 0 Å². The van der Waals surface area contributed by atoms with E-state index in [1.54, 1.807) is 29.6 Å². The minimum atomic E-state index is -0.0351. The van der Waals surface area contributed by atoms with Gasteiger partial charge in [-0.1, -0.05) is 12.1 Å². The smallest absolute Gasteiger partial charge is 0.254 e. The third-order valence-corrected chi connectivity index (χ3v) is 5.35. The molecule has 3 aromatic rings. The molecule has 0 fully saturated rings. The van der Waals surface area contributed by atoms with Gasteiger partial charge in [0.05, 0.1) is 22.1 Å². The standard InChI is InChI=1S/C19H23N5OS/c1-12(2)24-11-20-22-17(24)10-23(5)19(25)16-8-6-15(7-9-16)18-13(3)21-14(4)26-18/h6-9,11-12H,10H2,1-5H3. The maximum atomic E-state index is 12.7. The molecule has 7 heteroatoms. The van der Waals surface area contributed by atoms with E-state index in [1.807, 2.05) is 42.7 Å². The highest BCUT2D eigenvalue weighted by atomic mass is 32.1. The molecule has 0 atom stereocenters. The van der Waals surface area contributed by atoms with E-state index in [-0.39, 0.29) is 11.9 Å². The Morgan fingerprint density at radius 3 is 2.50 bits per heavy atom. The average Bonchev–Trinajstić information content (AvgIpc) is 3.20. The lowest BCUT2D eigenvalue weighted by molar-refractivity contribution is 0.0779. The van der Waals surface area contributed by atoms with Crippen molar-refractivity contribution >= 4 is 17.2 Å². The molecule has 0 aliphatic carbocycles. The van der Waals surface area contributed by atoms with Crippen molar-refractivity contribution in [3.8, 4) is 10.4 Å². The van der Waals surface area contributed by atoms with Crippen LogP contribution in [0.4, 0.5) is 0 Å². The topological polar surface area (TPSA) is 63.9 Å². The lowest BCUT2D eigenvalue weighted by Crippen LogP contribution is -2.28. The van der Waals surface area contributed by atoms with E-state index < -0.39 is 0 Å². The number of amides is 1. The van der Waals surface area contributed by atoms with Crippen LogP contribution >= 0.6 is 11.3 Å². The normalized spacial score (nSPS) is 11.2. The van der Waals surface area contributed by atoms with Crippen LogP contribution in [0.3, 0.4) is 0 Å². The molecule has 0 spiro atoms. The van der Waals surface area contributed by atoms with Crippen LogP contribution in [-0.4, -0.2) is 37.6 Å². The first-order valence-electron chi connectivity index (χ1n) is 8.55. The van der Waals surface area contributed by atoms with Gasteiger partial charge in [-0.25, -0.2) is 4.98 Å². The Kier molecular flexibility index (Phi) is 5.18. The Morgan fingerprint density at radius 2 is 1.92 bits per heavy atom. The van der Waals surface area contributed by atoms with Gasteiger partial charge in [0.15, 0.2) is 5.82 Å². The van der Waals surface area contributed by atoms with Gasteiger partial charge in [0.25, 0.3) is 5.91 Å². The van der Waals surface area contributed by atoms with Crippen LogP contribution in [-0.2, 0) is 6.54 Å². The minimum absolute atomic E-state index is 0.0351. The molecule has 3 rings (SSSR count). The zero-order valence-electron chi connectivity index (χ0n) is 15.7. The highest BCUT2D eigenvalue weighted by Gasteiger charge is 2.16. The number of nitrogens with zero attached hydrogens (tertiary/aromatic N) is 5. The number of thiazole rings is 1. The van der Waals surface area contributed by atoms with Gasteiger partial charge in [0.2, 0.25) is 0 Å². The Morgan fingerprint density at radius 1 is 1.23 bits per heavy atom. The molecule has 6 nitrogen and oxygen atoms in total. The fraction of sp³-hybridized carbons (Fsp3) is 0.368. The number of benzene rings is 1. The maximum absolute atomic E-state index is 12.7. The number of aromatic nitrogens is 4. The summed E-state index contributed by atoms with van der Waals surface area (Å²) in [7, 11) is 1.78. The van der Waals surface area contributed by atoms with Crippen LogP contribution in [0.5, 0.6) is 0 Å². The second kappa shape index (κ2) is 7.37. The molecule has 0 aliphatic heterocycles. The van der Waals surface area contributed by atoms with Crippen molar-refractivity contribution in [2.24, 2.45) is 0 Å². The SMILES string of the molecule is Cc1nc(C)c(-c2ccc(C(=O)N(C)Cc3nncn3C(C)C)cc2)s1. The Balaban J connectivity index is 1.75. The van der Waals surface area contributed by atoms with E-state index in [4.69, 9.17) is 0 Å². The fourth-order valence-electron chi connectivity index (χ4n) is 2.88. The zero-order chi connectivity index (χ0) is 18.8. The predicted octanol–water partition coefficient (Wildman–Crippen LogP) is 3.87. The van der Waals surface area contributed by atoms with Crippen molar-refractivity contribution in [1.82, 2.24) is 24.6 Å². The summed E-state index contributed by atoms with van der Waals surface area (Å²) in [5.41, 5.74) is 2.77. The van der Waals surface area contributed by atoms with Crippen LogP contribution in [0.1, 0.15) is 46.8 Å². The van der Waals surface area contributed by atoms with Crippen molar-refractivity contribution in [2.75, 3.05) is 7.05 Å². The second-order valence-corrected chi connectivity index (χ2v) is 7.84. The highest BCUT2D eigenvalue weighted by molar-refractivity contribution is 7.15. The van der Waals surface area contributed by atoms with Crippen molar-refractivity contribution < 1.29 is 4.79 Å². The molecule has 26 heavy (non-hydrogen) atoms. The number of hydrogen-bond acceptors (Lipinski definition) is 5. The summed E-state index contributed by atoms with van der Waals surface area (Å²) in [4.78, 5) is 20.0. The quantitative estimate of drug-likeness (QED) is 0.685. The van der Waals surface area contributed by atoms with Gasteiger partial charge in [0, 0.05) is 18.7 Å².